The fraction of sp³-hybridized carbons (Fsp3) is 0.438. The first-order valence-electron chi connectivity index (χ1n) is 6.92. The Hall–Kier alpha value is -1.42. The molecule has 0 aromatic heterocycles. The lowest BCUT2D eigenvalue weighted by atomic mass is 10.2. The molecule has 1 aromatic rings. The number of guanidine groups is 1. The Morgan fingerprint density at radius 1 is 1.33 bits per heavy atom. The van der Waals surface area contributed by atoms with Gasteiger partial charge in [0.2, 0.25) is 0 Å². The molecule has 0 saturated carbocycles. The number of hydrogen-bond donors (Lipinski definition) is 2. The van der Waals surface area contributed by atoms with E-state index in [1.807, 2.05) is 25.1 Å². The van der Waals surface area contributed by atoms with Gasteiger partial charge in [0, 0.05) is 25.3 Å². The smallest absolute Gasteiger partial charge is 0.192 e. The minimum atomic E-state index is 0. The average molecular weight is 400 g/mol. The molecule has 5 heteroatoms. The van der Waals surface area contributed by atoms with Crippen molar-refractivity contribution in [2.75, 3.05) is 31.6 Å². The normalized spacial score (nSPS) is 11.8. The van der Waals surface area contributed by atoms with Crippen LogP contribution in [0.3, 0.4) is 0 Å². The van der Waals surface area contributed by atoms with Crippen LogP contribution in [0.25, 0.3) is 0 Å². The Morgan fingerprint density at radius 3 is 2.57 bits per heavy atom. The van der Waals surface area contributed by atoms with Crippen LogP contribution in [0.1, 0.15) is 13.8 Å². The van der Waals surface area contributed by atoms with Gasteiger partial charge >= 0.3 is 0 Å². The minimum Gasteiger partial charge on any atom is -0.370 e. The van der Waals surface area contributed by atoms with Crippen molar-refractivity contribution in [3.63, 3.8) is 0 Å². The molecular formula is C16H25IN4. The van der Waals surface area contributed by atoms with E-state index in [2.05, 4.69) is 52.6 Å². The van der Waals surface area contributed by atoms with Gasteiger partial charge in [-0.05, 0) is 26.0 Å². The van der Waals surface area contributed by atoms with E-state index in [1.165, 1.54) is 5.69 Å². The van der Waals surface area contributed by atoms with Gasteiger partial charge in [-0.25, -0.2) is 0 Å². The Bertz CT molecular complexity index is 453. The summed E-state index contributed by atoms with van der Waals surface area (Å²) in [5.74, 6) is 3.31. The molecule has 0 fully saturated rings. The molecule has 0 aliphatic carbocycles. The predicted octanol–water partition coefficient (Wildman–Crippen LogP) is 2.32. The summed E-state index contributed by atoms with van der Waals surface area (Å²) in [6, 6.07) is 10.6. The summed E-state index contributed by atoms with van der Waals surface area (Å²) < 4.78 is 0. The molecule has 1 aromatic carbocycles. The van der Waals surface area contributed by atoms with E-state index in [-0.39, 0.29) is 24.0 Å². The van der Waals surface area contributed by atoms with Gasteiger partial charge in [0.25, 0.3) is 0 Å². The van der Waals surface area contributed by atoms with Gasteiger partial charge in [-0.3, -0.25) is 4.99 Å². The van der Waals surface area contributed by atoms with Crippen molar-refractivity contribution in [2.45, 2.75) is 19.9 Å². The van der Waals surface area contributed by atoms with Gasteiger partial charge in [0.1, 0.15) is 0 Å². The lowest BCUT2D eigenvalue weighted by Gasteiger charge is -2.26. The monoisotopic (exact) mass is 400 g/mol. The molecule has 4 nitrogen and oxygen atoms in total. The number of benzene rings is 1. The maximum Gasteiger partial charge on any atom is 0.192 e. The Balaban J connectivity index is 0.00000400. The summed E-state index contributed by atoms with van der Waals surface area (Å²) in [5.41, 5.74) is 1.19. The molecule has 2 N–H and O–H groups in total. The number of nitrogens with one attached hydrogen (secondary N) is 2. The maximum atomic E-state index is 5.25. The number of para-hydroxylation sites is 1. The van der Waals surface area contributed by atoms with Gasteiger partial charge < -0.3 is 15.5 Å². The van der Waals surface area contributed by atoms with Crippen LogP contribution < -0.4 is 15.5 Å². The molecule has 1 unspecified atom stereocenters. The number of anilines is 1. The molecule has 0 aliphatic rings. The van der Waals surface area contributed by atoms with Gasteiger partial charge in [0.05, 0.1) is 13.1 Å². The lowest BCUT2D eigenvalue weighted by Crippen LogP contribution is -2.39. The van der Waals surface area contributed by atoms with Crippen molar-refractivity contribution >= 4 is 35.6 Å². The van der Waals surface area contributed by atoms with Gasteiger partial charge in [-0.15, -0.1) is 30.4 Å². The van der Waals surface area contributed by atoms with E-state index in [0.717, 1.165) is 12.5 Å². The first-order valence-corrected chi connectivity index (χ1v) is 6.92. The first-order chi connectivity index (χ1) is 9.69. The topological polar surface area (TPSA) is 39.7 Å². The van der Waals surface area contributed by atoms with E-state index < -0.39 is 0 Å². The molecular weight excluding hydrogens is 375 g/mol. The number of hydrogen-bond acceptors (Lipinski definition) is 2. The Kier molecular flexibility index (Phi) is 10.5. The van der Waals surface area contributed by atoms with Crippen LogP contribution in [0, 0.1) is 12.3 Å². The number of aliphatic imine (C=N–C) groups is 1. The van der Waals surface area contributed by atoms with Crippen LogP contribution >= 0.6 is 24.0 Å². The molecule has 1 rings (SSSR count). The van der Waals surface area contributed by atoms with Gasteiger partial charge in [-0.2, -0.15) is 0 Å². The van der Waals surface area contributed by atoms with Crippen LogP contribution in [-0.2, 0) is 0 Å². The fourth-order valence-electron chi connectivity index (χ4n) is 1.74. The molecule has 1 atom stereocenters. The van der Waals surface area contributed by atoms with Crippen LogP contribution in [-0.4, -0.2) is 38.7 Å². The van der Waals surface area contributed by atoms with Crippen molar-refractivity contribution in [1.29, 1.82) is 0 Å². The summed E-state index contributed by atoms with van der Waals surface area (Å²) in [6.07, 6.45) is 5.25. The molecule has 0 radical (unpaired) electrons. The third-order valence-corrected chi connectivity index (χ3v) is 3.04. The van der Waals surface area contributed by atoms with E-state index >= 15 is 0 Å². The van der Waals surface area contributed by atoms with Gasteiger partial charge in [-0.1, -0.05) is 24.1 Å². The van der Waals surface area contributed by atoms with E-state index in [9.17, 15) is 0 Å². The van der Waals surface area contributed by atoms with E-state index in [1.54, 1.807) is 0 Å². The van der Waals surface area contributed by atoms with E-state index in [4.69, 9.17) is 6.42 Å². The zero-order chi connectivity index (χ0) is 14.8. The molecule has 0 heterocycles. The van der Waals surface area contributed by atoms with Crippen molar-refractivity contribution < 1.29 is 0 Å². The second-order valence-corrected chi connectivity index (χ2v) is 4.57. The summed E-state index contributed by atoms with van der Waals surface area (Å²) >= 11 is 0. The van der Waals surface area contributed by atoms with Crippen LogP contribution in [0.2, 0.25) is 0 Å². The highest BCUT2D eigenvalue weighted by Crippen LogP contribution is 2.13. The number of rotatable bonds is 6. The SMILES string of the molecule is C#CCNC(=NCC(C)N(C)c1ccccc1)NCC.I. The van der Waals surface area contributed by atoms with Crippen LogP contribution in [0.5, 0.6) is 0 Å². The fourth-order valence-corrected chi connectivity index (χ4v) is 1.74. The van der Waals surface area contributed by atoms with Crippen LogP contribution in [0.4, 0.5) is 5.69 Å². The second kappa shape index (κ2) is 11.3. The van der Waals surface area contributed by atoms with Crippen molar-refractivity contribution in [2.24, 2.45) is 4.99 Å². The average Bonchev–Trinajstić information content (AvgIpc) is 2.49. The molecule has 116 valence electrons. The van der Waals surface area contributed by atoms with E-state index in [0.29, 0.717) is 19.1 Å². The van der Waals surface area contributed by atoms with Gasteiger partial charge in [0.15, 0.2) is 5.96 Å². The third-order valence-electron chi connectivity index (χ3n) is 3.04. The largest absolute Gasteiger partial charge is 0.370 e. The third kappa shape index (κ3) is 7.23. The molecule has 0 spiro atoms. The highest BCUT2D eigenvalue weighted by Gasteiger charge is 2.09. The summed E-state index contributed by atoms with van der Waals surface area (Å²) in [7, 11) is 2.08. The number of likely N-dealkylation sites (N-methyl/N-ethyl adjacent to an activating group) is 1. The highest BCUT2D eigenvalue weighted by atomic mass is 127. The zero-order valence-electron chi connectivity index (χ0n) is 13.0. The van der Waals surface area contributed by atoms with Crippen molar-refractivity contribution in [3.8, 4) is 12.3 Å². The standard InChI is InChI=1S/C16H24N4.HI/c1-5-12-18-16(17-6-2)19-13-14(3)20(4)15-10-8-7-9-11-15;/h1,7-11,14H,6,12-13H2,2-4H3,(H2,17,18,19);1H. The molecule has 0 saturated heterocycles. The highest BCUT2D eigenvalue weighted by molar-refractivity contribution is 14.0. The maximum absolute atomic E-state index is 5.25. The number of nitrogens with zero attached hydrogens (tertiary/aromatic N) is 2. The Labute approximate surface area is 145 Å². The second-order valence-electron chi connectivity index (χ2n) is 4.57. The number of terminal acetylenes is 1. The van der Waals surface area contributed by atoms with Crippen LogP contribution in [0.15, 0.2) is 35.3 Å². The lowest BCUT2D eigenvalue weighted by molar-refractivity contribution is 0.689. The quantitative estimate of drug-likeness (QED) is 0.333. The first kappa shape index (κ1) is 19.6. The molecule has 21 heavy (non-hydrogen) atoms. The molecule has 0 bridgehead atoms. The summed E-state index contributed by atoms with van der Waals surface area (Å²) in [4.78, 5) is 6.77. The van der Waals surface area contributed by atoms with Crippen molar-refractivity contribution in [1.82, 2.24) is 10.6 Å². The number of halogens is 1. The summed E-state index contributed by atoms with van der Waals surface area (Å²) in [6.45, 7) is 6.19. The molecule has 0 amide bonds. The molecule has 0 aliphatic heterocycles. The van der Waals surface area contributed by atoms with Crippen molar-refractivity contribution in [3.05, 3.63) is 30.3 Å². The summed E-state index contributed by atoms with van der Waals surface area (Å²) in [5, 5.41) is 6.26. The zero-order valence-corrected chi connectivity index (χ0v) is 15.3. The predicted molar refractivity (Wildman–Crippen MR) is 103 cm³/mol. The minimum absolute atomic E-state index is 0. The Morgan fingerprint density at radius 2 is 2.00 bits per heavy atom.